The van der Waals surface area contributed by atoms with Gasteiger partial charge in [0.15, 0.2) is 0 Å². The van der Waals surface area contributed by atoms with Gasteiger partial charge in [0.1, 0.15) is 33.2 Å². The number of likely N-dealkylation sites (tertiary alicyclic amines) is 1. The van der Waals surface area contributed by atoms with Crippen molar-refractivity contribution in [3.8, 4) is 0 Å². The summed E-state index contributed by atoms with van der Waals surface area (Å²) in [6, 6.07) is 2.91. The third-order valence-corrected chi connectivity index (χ3v) is 6.26. The summed E-state index contributed by atoms with van der Waals surface area (Å²) in [4.78, 5) is 13.5. The molecule has 5 N–H and O–H groups in total. The topological polar surface area (TPSA) is 105 Å². The fourth-order valence-corrected chi connectivity index (χ4v) is 4.97. The molecular formula is C15H19F2N5O2S. The second kappa shape index (κ2) is 7.06. The Balaban J connectivity index is 1.82. The van der Waals surface area contributed by atoms with Crippen LogP contribution in [0, 0.1) is 11.6 Å². The zero-order valence-electron chi connectivity index (χ0n) is 13.3. The maximum absolute atomic E-state index is 14.0. The van der Waals surface area contributed by atoms with Crippen LogP contribution in [0.5, 0.6) is 0 Å². The van der Waals surface area contributed by atoms with E-state index >= 15 is 0 Å². The number of hydrazine groups is 1. The summed E-state index contributed by atoms with van der Waals surface area (Å²) in [5, 5.41) is 0. The van der Waals surface area contributed by atoms with Crippen molar-refractivity contribution < 1.29 is 17.8 Å². The van der Waals surface area contributed by atoms with Crippen molar-refractivity contribution in [3.63, 3.8) is 0 Å². The molecule has 2 fully saturated rings. The molecule has 25 heavy (non-hydrogen) atoms. The molecule has 0 aromatic heterocycles. The number of benzene rings is 1. The predicted octanol–water partition coefficient (Wildman–Crippen LogP) is -0.0740. The van der Waals surface area contributed by atoms with E-state index in [0.29, 0.717) is 12.8 Å². The third kappa shape index (κ3) is 3.12. The van der Waals surface area contributed by atoms with Gasteiger partial charge in [-0.05, 0) is 25.0 Å². The lowest BCUT2D eigenvalue weighted by Crippen LogP contribution is -2.56. The van der Waals surface area contributed by atoms with E-state index in [4.69, 9.17) is 11.6 Å². The Bertz CT molecular complexity index is 710. The van der Waals surface area contributed by atoms with Crippen molar-refractivity contribution >= 4 is 16.9 Å². The number of hydrogen-bond acceptors (Lipinski definition) is 5. The average molecular weight is 371 g/mol. The van der Waals surface area contributed by atoms with Gasteiger partial charge in [-0.15, -0.1) is 0 Å². The highest BCUT2D eigenvalue weighted by Gasteiger charge is 2.45. The largest absolute Gasteiger partial charge is 0.403 e. The predicted molar refractivity (Wildman–Crippen MR) is 87.6 cm³/mol. The fraction of sp³-hybridized carbons (Fsp3) is 0.400. The quantitative estimate of drug-likeness (QED) is 0.390. The molecule has 3 rings (SSSR count). The minimum atomic E-state index is -1.97. The Hall–Kier alpha value is -2.04. The van der Waals surface area contributed by atoms with Gasteiger partial charge in [-0.25, -0.2) is 17.3 Å². The molecule has 1 aromatic carbocycles. The number of nitrogens with zero attached hydrogens (tertiary/aromatic N) is 2. The smallest absolute Gasteiger partial charge is 0.272 e. The summed E-state index contributed by atoms with van der Waals surface area (Å²) in [5.41, 5.74) is 7.68. The number of piperazine rings is 1. The van der Waals surface area contributed by atoms with Crippen molar-refractivity contribution in [2.24, 2.45) is 11.6 Å². The molecule has 3 atom stereocenters. The molecular weight excluding hydrogens is 352 g/mol. The zero-order valence-corrected chi connectivity index (χ0v) is 14.1. The molecule has 136 valence electrons. The molecule has 0 radical (unpaired) electrons. The van der Waals surface area contributed by atoms with Crippen LogP contribution in [0.2, 0.25) is 0 Å². The van der Waals surface area contributed by atoms with Gasteiger partial charge in [0.2, 0.25) is 0 Å². The van der Waals surface area contributed by atoms with Crippen molar-refractivity contribution in [1.29, 1.82) is 0 Å². The van der Waals surface area contributed by atoms with E-state index in [2.05, 4.69) is 5.43 Å². The van der Waals surface area contributed by atoms with Crippen LogP contribution in [0.1, 0.15) is 12.8 Å². The Morgan fingerprint density at radius 1 is 1.24 bits per heavy atom. The first-order valence-electron chi connectivity index (χ1n) is 7.80. The number of carbonyl (C=O) groups is 1. The highest BCUT2D eigenvalue weighted by Crippen LogP contribution is 2.35. The zero-order chi connectivity index (χ0) is 18.1. The van der Waals surface area contributed by atoms with Gasteiger partial charge in [0.25, 0.3) is 5.91 Å². The van der Waals surface area contributed by atoms with Crippen LogP contribution >= 0.6 is 0 Å². The standard InChI is InChI=1S/C15H19F2N5O2S/c16-11-2-1-3-12(17)14(11)25(24)22-9-4-5-10(22)8-21(7-9)15(23)13(6-18)20-19/h1-3,6,9-10,20H,4-5,7-8,18-19H2/b13-6-. The number of amides is 1. The first-order valence-corrected chi connectivity index (χ1v) is 8.90. The van der Waals surface area contributed by atoms with E-state index in [0.717, 1.165) is 18.3 Å². The highest BCUT2D eigenvalue weighted by atomic mass is 32.2. The average Bonchev–Trinajstić information content (AvgIpc) is 2.85. The fourth-order valence-electron chi connectivity index (χ4n) is 3.41. The number of nitrogens with one attached hydrogen (secondary N) is 1. The van der Waals surface area contributed by atoms with Crippen LogP contribution in [0.3, 0.4) is 0 Å². The van der Waals surface area contributed by atoms with E-state index < -0.39 is 27.5 Å². The molecule has 0 saturated carbocycles. The monoisotopic (exact) mass is 371 g/mol. The molecule has 7 nitrogen and oxygen atoms in total. The van der Waals surface area contributed by atoms with Crippen LogP contribution in [-0.2, 0) is 15.8 Å². The molecule has 2 aliphatic heterocycles. The molecule has 2 aliphatic rings. The van der Waals surface area contributed by atoms with Crippen LogP contribution < -0.4 is 17.0 Å². The first-order chi connectivity index (χ1) is 12.0. The van der Waals surface area contributed by atoms with Gasteiger partial charge in [0.05, 0.1) is 0 Å². The number of fused-ring (bicyclic) bond motifs is 2. The summed E-state index contributed by atoms with van der Waals surface area (Å²) in [7, 11) is -1.97. The van der Waals surface area contributed by atoms with Crippen molar-refractivity contribution in [3.05, 3.63) is 41.7 Å². The number of hydrogen-bond donors (Lipinski definition) is 3. The maximum Gasteiger partial charge on any atom is 0.272 e. The Kier molecular flexibility index (Phi) is 5.02. The summed E-state index contributed by atoms with van der Waals surface area (Å²) in [6.45, 7) is 0.576. The molecule has 2 saturated heterocycles. The van der Waals surface area contributed by atoms with Crippen molar-refractivity contribution in [2.75, 3.05) is 13.1 Å². The maximum atomic E-state index is 14.0. The van der Waals surface area contributed by atoms with E-state index in [1.54, 1.807) is 9.21 Å². The highest BCUT2D eigenvalue weighted by molar-refractivity contribution is 7.82. The third-order valence-electron chi connectivity index (χ3n) is 4.54. The Morgan fingerprint density at radius 3 is 2.28 bits per heavy atom. The molecule has 0 aliphatic carbocycles. The molecule has 2 heterocycles. The summed E-state index contributed by atoms with van der Waals surface area (Å²) >= 11 is 0. The van der Waals surface area contributed by atoms with Crippen LogP contribution in [-0.4, -0.2) is 44.5 Å². The van der Waals surface area contributed by atoms with Gasteiger partial charge >= 0.3 is 0 Å². The van der Waals surface area contributed by atoms with E-state index in [1.165, 1.54) is 6.07 Å². The van der Waals surface area contributed by atoms with E-state index in [1.807, 2.05) is 0 Å². The summed E-state index contributed by atoms with van der Waals surface area (Å²) < 4.78 is 42.3. The van der Waals surface area contributed by atoms with Gasteiger partial charge in [-0.3, -0.25) is 10.6 Å². The lowest BCUT2D eigenvalue weighted by atomic mass is 10.2. The van der Waals surface area contributed by atoms with E-state index in [-0.39, 0.29) is 36.8 Å². The number of halogens is 2. The van der Waals surface area contributed by atoms with Crippen molar-refractivity contribution in [1.82, 2.24) is 14.6 Å². The lowest BCUT2D eigenvalue weighted by Gasteiger charge is -2.40. The minimum absolute atomic E-state index is 0.0640. The number of nitrogens with two attached hydrogens (primary N) is 2. The normalized spacial score (nSPS) is 25.1. The number of carbonyl (C=O) groups excluding carboxylic acids is 1. The molecule has 1 aromatic rings. The van der Waals surface area contributed by atoms with Gasteiger partial charge in [-0.1, -0.05) is 6.07 Å². The molecule has 1 amide bonds. The molecule has 0 spiro atoms. The Morgan fingerprint density at radius 2 is 1.80 bits per heavy atom. The van der Waals surface area contributed by atoms with Crippen LogP contribution in [0.25, 0.3) is 0 Å². The summed E-state index contributed by atoms with van der Waals surface area (Å²) in [6.07, 6.45) is 2.46. The van der Waals surface area contributed by atoms with Crippen LogP contribution in [0.15, 0.2) is 35.0 Å². The minimum Gasteiger partial charge on any atom is -0.403 e. The molecule has 3 unspecified atom stereocenters. The van der Waals surface area contributed by atoms with Crippen LogP contribution in [0.4, 0.5) is 8.78 Å². The van der Waals surface area contributed by atoms with Gasteiger partial charge < -0.3 is 16.1 Å². The second-order valence-electron chi connectivity index (χ2n) is 5.98. The second-order valence-corrected chi connectivity index (χ2v) is 7.31. The van der Waals surface area contributed by atoms with Crippen molar-refractivity contribution in [2.45, 2.75) is 29.8 Å². The SMILES string of the molecule is N/C=C(\NN)C(=O)N1CC2CCC(C1)N2S(=O)c1c(F)cccc1F. The number of rotatable bonds is 4. The van der Waals surface area contributed by atoms with Gasteiger partial charge in [-0.2, -0.15) is 0 Å². The Labute approximate surface area is 146 Å². The van der Waals surface area contributed by atoms with E-state index in [9.17, 15) is 17.8 Å². The lowest BCUT2D eigenvalue weighted by molar-refractivity contribution is -0.129. The van der Waals surface area contributed by atoms with Gasteiger partial charge in [0, 0.05) is 31.4 Å². The first kappa shape index (κ1) is 17.8. The molecule has 10 heteroatoms. The molecule has 2 bridgehead atoms. The summed E-state index contributed by atoms with van der Waals surface area (Å²) in [5.74, 6) is 3.24.